The molecule has 0 aliphatic heterocycles. The minimum absolute atomic E-state index is 0.126. The van der Waals surface area contributed by atoms with Crippen molar-refractivity contribution in [2.45, 2.75) is 6.54 Å². The van der Waals surface area contributed by atoms with Gasteiger partial charge in [0.2, 0.25) is 5.91 Å². The largest absolute Gasteiger partial charge is 0.323 e. The van der Waals surface area contributed by atoms with Gasteiger partial charge in [0.25, 0.3) is 5.56 Å². The summed E-state index contributed by atoms with van der Waals surface area (Å²) in [5, 5.41) is 6.21. The second-order valence-corrected chi connectivity index (χ2v) is 7.70. The zero-order valence-electron chi connectivity index (χ0n) is 15.8. The number of amides is 1. The number of nitrogens with zero attached hydrogens (tertiary/aromatic N) is 3. The lowest BCUT2D eigenvalue weighted by atomic mass is 10.1. The van der Waals surface area contributed by atoms with Crippen molar-refractivity contribution in [2.24, 2.45) is 0 Å². The zero-order chi connectivity index (χ0) is 20.5. The second kappa shape index (κ2) is 7.53. The van der Waals surface area contributed by atoms with Crippen molar-refractivity contribution in [1.29, 1.82) is 0 Å². The van der Waals surface area contributed by atoms with Crippen LogP contribution in [0.15, 0.2) is 83.4 Å². The van der Waals surface area contributed by atoms with Crippen molar-refractivity contribution in [1.82, 2.24) is 14.5 Å². The Hall–Kier alpha value is -3.84. The highest BCUT2D eigenvalue weighted by molar-refractivity contribution is 7.17. The number of fused-ring (bicyclic) bond motifs is 2. The van der Waals surface area contributed by atoms with E-state index in [4.69, 9.17) is 0 Å². The molecule has 1 amide bonds. The Balaban J connectivity index is 1.44. The summed E-state index contributed by atoms with van der Waals surface area (Å²) in [6, 6.07) is 19.2. The van der Waals surface area contributed by atoms with Gasteiger partial charge in [-0.15, -0.1) is 11.3 Å². The van der Waals surface area contributed by atoms with Crippen molar-refractivity contribution >= 4 is 44.1 Å². The minimum atomic E-state index is -0.313. The lowest BCUT2D eigenvalue weighted by Gasteiger charge is -2.08. The summed E-state index contributed by atoms with van der Waals surface area (Å²) in [5.41, 5.74) is 2.99. The summed E-state index contributed by atoms with van der Waals surface area (Å²) < 4.78 is 1.34. The Morgan fingerprint density at radius 2 is 1.83 bits per heavy atom. The van der Waals surface area contributed by atoms with Crippen LogP contribution in [0.3, 0.4) is 0 Å². The molecule has 0 spiro atoms. The van der Waals surface area contributed by atoms with E-state index in [1.807, 2.05) is 66.0 Å². The van der Waals surface area contributed by atoms with Gasteiger partial charge in [-0.25, -0.2) is 4.98 Å². The van der Waals surface area contributed by atoms with Gasteiger partial charge < -0.3 is 5.32 Å². The molecule has 0 saturated carbocycles. The summed E-state index contributed by atoms with van der Waals surface area (Å²) >= 11 is 1.42. The number of para-hydroxylation sites is 1. The number of aromatic nitrogens is 3. The molecule has 0 fully saturated rings. The number of carbonyl (C=O) groups excluding carboxylic acids is 1. The normalized spacial score (nSPS) is 11.1. The Morgan fingerprint density at radius 1 is 1.03 bits per heavy atom. The topological polar surface area (TPSA) is 76.9 Å². The monoisotopic (exact) mass is 412 g/mol. The molecule has 5 rings (SSSR count). The molecule has 2 aromatic carbocycles. The molecule has 0 aliphatic carbocycles. The van der Waals surface area contributed by atoms with Crippen molar-refractivity contribution in [3.05, 3.63) is 88.9 Å². The first-order chi connectivity index (χ1) is 14.7. The third kappa shape index (κ3) is 3.35. The number of thiophene rings is 1. The van der Waals surface area contributed by atoms with Gasteiger partial charge in [-0.3, -0.25) is 19.1 Å². The Kier molecular flexibility index (Phi) is 4.57. The molecule has 146 valence electrons. The molecular weight excluding hydrogens is 396 g/mol. The van der Waals surface area contributed by atoms with Crippen LogP contribution in [0.5, 0.6) is 0 Å². The maximum absolute atomic E-state index is 13.1. The van der Waals surface area contributed by atoms with Crippen molar-refractivity contribution in [3.8, 4) is 11.1 Å². The molecule has 5 aromatic rings. The molecule has 0 unspecified atom stereocenters. The lowest BCUT2D eigenvalue weighted by Crippen LogP contribution is -2.27. The fourth-order valence-corrected chi connectivity index (χ4v) is 4.31. The average Bonchev–Trinajstić information content (AvgIpc) is 3.21. The standard InChI is InChI=1S/C23H16N4O2S/c28-20(26-17-10-16-8-4-5-9-19(16)24-11-17)12-27-14-25-22-21(23(27)29)18(13-30-22)15-6-2-1-3-7-15/h1-11,13-14H,12H2,(H,26,28). The fraction of sp³-hybridized carbons (Fsp3) is 0.0435. The van der Waals surface area contributed by atoms with E-state index in [1.54, 1.807) is 6.20 Å². The van der Waals surface area contributed by atoms with E-state index in [9.17, 15) is 9.59 Å². The molecule has 0 saturated heterocycles. The summed E-state index contributed by atoms with van der Waals surface area (Å²) in [4.78, 5) is 35.0. The fourth-order valence-electron chi connectivity index (χ4n) is 3.40. The molecule has 0 radical (unpaired) electrons. The first-order valence-electron chi connectivity index (χ1n) is 9.36. The van der Waals surface area contributed by atoms with Crippen LogP contribution >= 0.6 is 11.3 Å². The van der Waals surface area contributed by atoms with Crippen LogP contribution in [-0.4, -0.2) is 20.4 Å². The third-order valence-electron chi connectivity index (χ3n) is 4.83. The van der Waals surface area contributed by atoms with Gasteiger partial charge in [-0.2, -0.15) is 0 Å². The maximum atomic E-state index is 13.1. The summed E-state index contributed by atoms with van der Waals surface area (Å²) in [6.07, 6.45) is 3.03. The van der Waals surface area contributed by atoms with Crippen LogP contribution in [0.4, 0.5) is 5.69 Å². The predicted octanol–water partition coefficient (Wildman–Crippen LogP) is 4.31. The van der Waals surface area contributed by atoms with E-state index in [0.717, 1.165) is 22.0 Å². The summed E-state index contributed by atoms with van der Waals surface area (Å²) in [7, 11) is 0. The van der Waals surface area contributed by atoms with Gasteiger partial charge >= 0.3 is 0 Å². The quantitative estimate of drug-likeness (QED) is 0.477. The number of nitrogens with one attached hydrogen (secondary N) is 1. The van der Waals surface area contributed by atoms with Gasteiger partial charge in [0.15, 0.2) is 0 Å². The van der Waals surface area contributed by atoms with E-state index in [2.05, 4.69) is 15.3 Å². The molecular formula is C23H16N4O2S. The summed E-state index contributed by atoms with van der Waals surface area (Å²) in [6.45, 7) is -0.126. The Morgan fingerprint density at radius 3 is 2.70 bits per heavy atom. The van der Waals surface area contributed by atoms with Crippen LogP contribution < -0.4 is 10.9 Å². The van der Waals surface area contributed by atoms with Crippen molar-refractivity contribution in [3.63, 3.8) is 0 Å². The van der Waals surface area contributed by atoms with Crippen LogP contribution in [0, 0.1) is 0 Å². The van der Waals surface area contributed by atoms with Crippen LogP contribution in [0.25, 0.3) is 32.2 Å². The van der Waals surface area contributed by atoms with Gasteiger partial charge in [0.1, 0.15) is 11.4 Å². The number of rotatable bonds is 4. The molecule has 0 bridgehead atoms. The van der Waals surface area contributed by atoms with Crippen LogP contribution in [0.2, 0.25) is 0 Å². The molecule has 0 atom stereocenters. The van der Waals surface area contributed by atoms with Gasteiger partial charge in [-0.1, -0.05) is 48.5 Å². The van der Waals surface area contributed by atoms with Crippen LogP contribution in [-0.2, 0) is 11.3 Å². The van der Waals surface area contributed by atoms with Gasteiger partial charge in [0.05, 0.1) is 29.1 Å². The number of carbonyl (C=O) groups is 1. The SMILES string of the molecule is O=C(Cn1cnc2scc(-c3ccccc3)c2c1=O)Nc1cnc2ccccc2c1. The predicted molar refractivity (Wildman–Crippen MR) is 120 cm³/mol. The minimum Gasteiger partial charge on any atom is -0.323 e. The number of hydrogen-bond acceptors (Lipinski definition) is 5. The first-order valence-corrected chi connectivity index (χ1v) is 10.2. The van der Waals surface area contributed by atoms with E-state index in [1.165, 1.54) is 22.2 Å². The first kappa shape index (κ1) is 18.2. The summed E-state index contributed by atoms with van der Waals surface area (Å²) in [5.74, 6) is -0.313. The molecule has 3 aromatic heterocycles. The molecule has 7 heteroatoms. The number of pyridine rings is 1. The van der Waals surface area contributed by atoms with Gasteiger partial charge in [0, 0.05) is 16.3 Å². The van der Waals surface area contributed by atoms with E-state index < -0.39 is 0 Å². The van der Waals surface area contributed by atoms with E-state index in [-0.39, 0.29) is 18.0 Å². The van der Waals surface area contributed by atoms with Crippen LogP contribution in [0.1, 0.15) is 0 Å². The lowest BCUT2D eigenvalue weighted by molar-refractivity contribution is -0.116. The smallest absolute Gasteiger partial charge is 0.263 e. The van der Waals surface area contributed by atoms with Crippen molar-refractivity contribution in [2.75, 3.05) is 5.32 Å². The number of benzene rings is 2. The maximum Gasteiger partial charge on any atom is 0.263 e. The molecule has 6 nitrogen and oxygen atoms in total. The Bertz CT molecular complexity index is 1440. The second-order valence-electron chi connectivity index (χ2n) is 6.84. The van der Waals surface area contributed by atoms with Crippen molar-refractivity contribution < 1.29 is 4.79 Å². The highest BCUT2D eigenvalue weighted by Crippen LogP contribution is 2.30. The highest BCUT2D eigenvalue weighted by atomic mass is 32.1. The number of hydrogen-bond donors (Lipinski definition) is 1. The molecule has 3 heterocycles. The highest BCUT2D eigenvalue weighted by Gasteiger charge is 2.15. The molecule has 1 N–H and O–H groups in total. The zero-order valence-corrected chi connectivity index (χ0v) is 16.6. The Labute approximate surface area is 175 Å². The van der Waals surface area contributed by atoms with E-state index in [0.29, 0.717) is 15.9 Å². The third-order valence-corrected chi connectivity index (χ3v) is 5.72. The van der Waals surface area contributed by atoms with Gasteiger partial charge in [-0.05, 0) is 17.7 Å². The average molecular weight is 412 g/mol. The van der Waals surface area contributed by atoms with E-state index >= 15 is 0 Å². The molecule has 0 aliphatic rings. The number of anilines is 1. The molecule has 30 heavy (non-hydrogen) atoms.